The maximum atomic E-state index is 13.0. The topological polar surface area (TPSA) is 67.2 Å². The molecule has 3 amide bonds. The van der Waals surface area contributed by atoms with E-state index in [1.165, 1.54) is 4.90 Å². The predicted molar refractivity (Wildman–Crippen MR) is 104 cm³/mol. The number of amides is 3. The zero-order chi connectivity index (χ0) is 19.0. The molecule has 0 unspecified atom stereocenters. The van der Waals surface area contributed by atoms with Crippen molar-refractivity contribution in [3.8, 4) is 5.75 Å². The predicted octanol–water partition coefficient (Wildman–Crippen LogP) is 3.46. The third-order valence-corrected chi connectivity index (χ3v) is 5.18. The molecule has 0 bridgehead atoms. The normalized spacial score (nSPS) is 14.9. The van der Waals surface area contributed by atoms with Crippen LogP contribution >= 0.6 is 15.9 Å². The number of hydrogen-bond donors (Lipinski definition) is 0. The standard InChI is InChI=1S/C19H17BrN4O3/c1-27-14-6-4-13(5-7-14)12-24-17(25)8-10-23(19(24)26)16-11-21-18-15(20)3-2-9-22(16)18/h2-7,9,11H,8,10,12H2,1H3. The first-order valence-electron chi connectivity index (χ1n) is 8.45. The first-order chi connectivity index (χ1) is 13.1. The summed E-state index contributed by atoms with van der Waals surface area (Å²) in [5, 5.41) is 0. The molecular weight excluding hydrogens is 412 g/mol. The number of benzene rings is 1. The Hall–Kier alpha value is -2.87. The minimum Gasteiger partial charge on any atom is -0.497 e. The fourth-order valence-electron chi connectivity index (χ4n) is 3.14. The molecule has 1 fully saturated rings. The van der Waals surface area contributed by atoms with Crippen LogP contribution in [0.1, 0.15) is 12.0 Å². The van der Waals surface area contributed by atoms with E-state index in [2.05, 4.69) is 20.9 Å². The molecule has 27 heavy (non-hydrogen) atoms. The first-order valence-corrected chi connectivity index (χ1v) is 9.24. The fourth-order valence-corrected chi connectivity index (χ4v) is 3.58. The Balaban J connectivity index is 1.62. The maximum absolute atomic E-state index is 13.0. The number of anilines is 1. The Bertz CT molecular complexity index is 1020. The van der Waals surface area contributed by atoms with E-state index in [4.69, 9.17) is 4.74 Å². The number of imidazole rings is 1. The number of carbonyl (C=O) groups is 2. The van der Waals surface area contributed by atoms with E-state index in [1.807, 2.05) is 47.0 Å². The zero-order valence-electron chi connectivity index (χ0n) is 14.6. The minimum atomic E-state index is -0.344. The average molecular weight is 429 g/mol. The van der Waals surface area contributed by atoms with Gasteiger partial charge in [0.1, 0.15) is 11.6 Å². The van der Waals surface area contributed by atoms with Crippen LogP contribution in [0, 0.1) is 0 Å². The summed E-state index contributed by atoms with van der Waals surface area (Å²) in [6, 6.07) is 10.7. The quantitative estimate of drug-likeness (QED) is 0.637. The van der Waals surface area contributed by atoms with Gasteiger partial charge in [0.2, 0.25) is 5.91 Å². The van der Waals surface area contributed by atoms with Gasteiger partial charge in [-0.15, -0.1) is 0 Å². The molecular formula is C19H17BrN4O3. The highest BCUT2D eigenvalue weighted by Crippen LogP contribution is 2.26. The lowest BCUT2D eigenvalue weighted by Gasteiger charge is -2.33. The molecule has 3 heterocycles. The first kappa shape index (κ1) is 17.5. The van der Waals surface area contributed by atoms with Crippen molar-refractivity contribution < 1.29 is 14.3 Å². The Morgan fingerprint density at radius 2 is 1.96 bits per heavy atom. The lowest BCUT2D eigenvalue weighted by Crippen LogP contribution is -2.52. The third-order valence-electron chi connectivity index (χ3n) is 4.56. The maximum Gasteiger partial charge on any atom is 0.332 e. The number of pyridine rings is 1. The Morgan fingerprint density at radius 1 is 1.19 bits per heavy atom. The van der Waals surface area contributed by atoms with E-state index in [1.54, 1.807) is 18.2 Å². The lowest BCUT2D eigenvalue weighted by molar-refractivity contribution is -0.129. The van der Waals surface area contributed by atoms with Gasteiger partial charge in [-0.3, -0.25) is 19.0 Å². The van der Waals surface area contributed by atoms with Crippen molar-refractivity contribution in [2.75, 3.05) is 18.6 Å². The SMILES string of the molecule is COc1ccc(CN2C(=O)CCN(c3cnc4c(Br)cccn34)C2=O)cc1. The van der Waals surface area contributed by atoms with Gasteiger partial charge in [0.05, 0.1) is 24.3 Å². The second kappa shape index (κ2) is 7.03. The van der Waals surface area contributed by atoms with Crippen LogP contribution in [0.4, 0.5) is 10.6 Å². The van der Waals surface area contributed by atoms with E-state index in [-0.39, 0.29) is 24.9 Å². The number of rotatable bonds is 4. The number of aromatic nitrogens is 2. The number of ether oxygens (including phenoxy) is 1. The summed E-state index contributed by atoms with van der Waals surface area (Å²) in [6.07, 6.45) is 3.77. The minimum absolute atomic E-state index is 0.179. The summed E-state index contributed by atoms with van der Waals surface area (Å²) in [4.78, 5) is 32.7. The second-order valence-corrected chi connectivity index (χ2v) is 7.03. The molecule has 1 aliphatic rings. The molecule has 0 N–H and O–H groups in total. The van der Waals surface area contributed by atoms with Crippen molar-refractivity contribution in [1.82, 2.24) is 14.3 Å². The van der Waals surface area contributed by atoms with E-state index < -0.39 is 0 Å². The Kier molecular flexibility index (Phi) is 4.57. The van der Waals surface area contributed by atoms with Crippen LogP contribution in [0.25, 0.3) is 5.65 Å². The average Bonchev–Trinajstić information content (AvgIpc) is 3.11. The molecule has 0 saturated carbocycles. The third kappa shape index (κ3) is 3.16. The van der Waals surface area contributed by atoms with Gasteiger partial charge in [0, 0.05) is 19.2 Å². The van der Waals surface area contributed by atoms with Crippen LogP contribution in [0.15, 0.2) is 53.3 Å². The van der Waals surface area contributed by atoms with Crippen LogP contribution in [0.2, 0.25) is 0 Å². The van der Waals surface area contributed by atoms with Gasteiger partial charge in [-0.05, 0) is 45.8 Å². The van der Waals surface area contributed by atoms with Crippen molar-refractivity contribution in [3.63, 3.8) is 0 Å². The zero-order valence-corrected chi connectivity index (χ0v) is 16.2. The van der Waals surface area contributed by atoms with Crippen LogP contribution in [-0.4, -0.2) is 39.9 Å². The van der Waals surface area contributed by atoms with Crippen LogP contribution < -0.4 is 9.64 Å². The summed E-state index contributed by atoms with van der Waals surface area (Å²) < 4.78 is 7.83. The fraction of sp³-hybridized carbons (Fsp3) is 0.211. The number of methoxy groups -OCH3 is 1. The summed E-state index contributed by atoms with van der Waals surface area (Å²) in [7, 11) is 1.60. The number of halogens is 1. The van der Waals surface area contributed by atoms with E-state index in [0.717, 1.165) is 21.4 Å². The molecule has 0 radical (unpaired) electrons. The lowest BCUT2D eigenvalue weighted by atomic mass is 10.2. The van der Waals surface area contributed by atoms with Gasteiger partial charge in [0.15, 0.2) is 5.65 Å². The van der Waals surface area contributed by atoms with Crippen molar-refractivity contribution in [2.45, 2.75) is 13.0 Å². The molecule has 0 spiro atoms. The molecule has 0 atom stereocenters. The molecule has 2 aromatic heterocycles. The number of carbonyl (C=O) groups excluding carboxylic acids is 2. The highest BCUT2D eigenvalue weighted by Gasteiger charge is 2.34. The summed E-state index contributed by atoms with van der Waals surface area (Å²) in [6.45, 7) is 0.551. The monoisotopic (exact) mass is 428 g/mol. The van der Waals surface area contributed by atoms with Crippen molar-refractivity contribution >= 4 is 39.3 Å². The van der Waals surface area contributed by atoms with Gasteiger partial charge in [-0.1, -0.05) is 12.1 Å². The highest BCUT2D eigenvalue weighted by molar-refractivity contribution is 9.10. The molecule has 0 aliphatic carbocycles. The smallest absolute Gasteiger partial charge is 0.332 e. The van der Waals surface area contributed by atoms with Crippen molar-refractivity contribution in [3.05, 3.63) is 58.8 Å². The molecule has 1 aliphatic heterocycles. The van der Waals surface area contributed by atoms with E-state index in [9.17, 15) is 9.59 Å². The largest absolute Gasteiger partial charge is 0.497 e. The summed E-state index contributed by atoms with van der Waals surface area (Å²) >= 11 is 3.47. The van der Waals surface area contributed by atoms with Crippen molar-refractivity contribution in [1.29, 1.82) is 0 Å². The molecule has 1 saturated heterocycles. The van der Waals surface area contributed by atoms with Gasteiger partial charge in [0.25, 0.3) is 0 Å². The number of fused-ring (bicyclic) bond motifs is 1. The van der Waals surface area contributed by atoms with Crippen LogP contribution in [0.5, 0.6) is 5.75 Å². The number of urea groups is 1. The van der Waals surface area contributed by atoms with E-state index >= 15 is 0 Å². The molecule has 4 rings (SSSR count). The Morgan fingerprint density at radius 3 is 2.70 bits per heavy atom. The molecule has 3 aromatic rings. The second-order valence-electron chi connectivity index (χ2n) is 6.18. The van der Waals surface area contributed by atoms with Crippen LogP contribution in [0.3, 0.4) is 0 Å². The number of hydrogen-bond acceptors (Lipinski definition) is 4. The number of imide groups is 1. The molecule has 8 heteroatoms. The van der Waals surface area contributed by atoms with E-state index in [0.29, 0.717) is 12.4 Å². The van der Waals surface area contributed by atoms with Crippen molar-refractivity contribution in [2.24, 2.45) is 0 Å². The van der Waals surface area contributed by atoms with Gasteiger partial charge in [-0.2, -0.15) is 0 Å². The molecule has 1 aromatic carbocycles. The highest BCUT2D eigenvalue weighted by atomic mass is 79.9. The van der Waals surface area contributed by atoms with Gasteiger partial charge in [-0.25, -0.2) is 9.78 Å². The summed E-state index contributed by atoms with van der Waals surface area (Å²) in [5.74, 6) is 1.19. The van der Waals surface area contributed by atoms with Gasteiger partial charge < -0.3 is 4.74 Å². The Labute approximate surface area is 164 Å². The molecule has 7 nitrogen and oxygen atoms in total. The number of nitrogens with zero attached hydrogens (tertiary/aromatic N) is 4. The summed E-state index contributed by atoms with van der Waals surface area (Å²) in [5.41, 5.74) is 1.58. The van der Waals surface area contributed by atoms with Crippen LogP contribution in [-0.2, 0) is 11.3 Å². The van der Waals surface area contributed by atoms with Gasteiger partial charge >= 0.3 is 6.03 Å². The molecule has 138 valence electrons.